The molecule has 1 fully saturated rings. The van der Waals surface area contributed by atoms with Crippen LogP contribution in [-0.2, 0) is 0 Å². The van der Waals surface area contributed by atoms with Crippen molar-refractivity contribution in [2.75, 3.05) is 55.0 Å². The van der Waals surface area contributed by atoms with Gasteiger partial charge in [-0.15, -0.1) is 0 Å². The maximum atomic E-state index is 8.84. The summed E-state index contributed by atoms with van der Waals surface area (Å²) >= 11 is 0. The first-order chi connectivity index (χ1) is 11.2. The molecule has 0 radical (unpaired) electrons. The van der Waals surface area contributed by atoms with E-state index in [-0.39, 0.29) is 0 Å². The summed E-state index contributed by atoms with van der Waals surface area (Å²) in [5.41, 5.74) is 0.588. The molecule has 0 bridgehead atoms. The number of rotatable bonds is 3. The molecule has 3 rings (SSSR count). The third-order valence-corrected chi connectivity index (χ3v) is 3.90. The predicted octanol–water partition coefficient (Wildman–Crippen LogP) is 1.14. The molecule has 2 aromatic rings. The van der Waals surface area contributed by atoms with Gasteiger partial charge in [-0.1, -0.05) is 0 Å². The number of aromatic nitrogens is 3. The molecule has 1 aliphatic rings. The normalized spacial score (nSPS) is 14.5. The van der Waals surface area contributed by atoms with Crippen LogP contribution in [0.3, 0.4) is 0 Å². The smallest absolute Gasteiger partial charge is 0.134 e. The summed E-state index contributed by atoms with van der Waals surface area (Å²) in [6.45, 7) is 3.51. The lowest BCUT2D eigenvalue weighted by atomic mass is 10.2. The fraction of sp³-hybridized carbons (Fsp3) is 0.375. The molecule has 0 aromatic carbocycles. The van der Waals surface area contributed by atoms with Crippen molar-refractivity contribution in [2.24, 2.45) is 0 Å². The van der Waals surface area contributed by atoms with Crippen molar-refractivity contribution in [2.45, 2.75) is 0 Å². The Morgan fingerprint density at radius 1 is 1.00 bits per heavy atom. The van der Waals surface area contributed by atoms with Crippen molar-refractivity contribution in [1.82, 2.24) is 15.0 Å². The summed E-state index contributed by atoms with van der Waals surface area (Å²) in [7, 11) is 3.95. The van der Waals surface area contributed by atoms with Gasteiger partial charge in [-0.05, 0) is 12.1 Å². The zero-order valence-electron chi connectivity index (χ0n) is 13.3. The van der Waals surface area contributed by atoms with Gasteiger partial charge in [0.1, 0.15) is 29.9 Å². The molecule has 0 N–H and O–H groups in total. The summed E-state index contributed by atoms with van der Waals surface area (Å²) < 4.78 is 0. The monoisotopic (exact) mass is 309 g/mol. The maximum absolute atomic E-state index is 8.84. The molecule has 0 spiro atoms. The third-order valence-electron chi connectivity index (χ3n) is 3.90. The van der Waals surface area contributed by atoms with Gasteiger partial charge in [-0.3, -0.25) is 0 Å². The summed E-state index contributed by atoms with van der Waals surface area (Å²) in [4.78, 5) is 19.5. The van der Waals surface area contributed by atoms with Crippen molar-refractivity contribution in [3.8, 4) is 6.07 Å². The Balaban J connectivity index is 1.66. The van der Waals surface area contributed by atoms with Crippen LogP contribution in [0, 0.1) is 11.3 Å². The maximum Gasteiger partial charge on any atom is 0.134 e. The standard InChI is InChI=1S/C16H19N7/c1-21(2)15-9-16(20-12-19-15)23-7-5-22(6-8-23)14-4-3-13(10-17)11-18-14/h3-4,9,11-12H,5-8H2,1-2H3. The zero-order valence-corrected chi connectivity index (χ0v) is 13.3. The Labute approximate surface area is 135 Å². The average molecular weight is 309 g/mol. The number of nitrogens with zero attached hydrogens (tertiary/aromatic N) is 7. The molecule has 0 atom stereocenters. The number of piperazine rings is 1. The summed E-state index contributed by atoms with van der Waals surface area (Å²) in [5.74, 6) is 2.78. The SMILES string of the molecule is CN(C)c1cc(N2CCN(c3ccc(C#N)cn3)CC2)ncn1. The highest BCUT2D eigenvalue weighted by molar-refractivity contribution is 5.51. The first kappa shape index (κ1) is 15.0. The van der Waals surface area contributed by atoms with Crippen LogP contribution in [0.25, 0.3) is 0 Å². The van der Waals surface area contributed by atoms with E-state index in [1.165, 1.54) is 0 Å². The fourth-order valence-electron chi connectivity index (χ4n) is 2.56. The van der Waals surface area contributed by atoms with Gasteiger partial charge in [-0.25, -0.2) is 15.0 Å². The van der Waals surface area contributed by atoms with Crippen LogP contribution < -0.4 is 14.7 Å². The highest BCUT2D eigenvalue weighted by atomic mass is 15.3. The number of hydrogen-bond acceptors (Lipinski definition) is 7. The zero-order chi connectivity index (χ0) is 16.2. The minimum atomic E-state index is 0.588. The molecule has 3 heterocycles. The minimum Gasteiger partial charge on any atom is -0.363 e. The van der Waals surface area contributed by atoms with Crippen LogP contribution in [0.1, 0.15) is 5.56 Å². The molecule has 2 aromatic heterocycles. The fourth-order valence-corrected chi connectivity index (χ4v) is 2.56. The van der Waals surface area contributed by atoms with Crippen LogP contribution in [0.2, 0.25) is 0 Å². The summed E-state index contributed by atoms with van der Waals surface area (Å²) in [5, 5.41) is 8.84. The second kappa shape index (κ2) is 6.48. The van der Waals surface area contributed by atoms with E-state index in [0.717, 1.165) is 43.6 Å². The van der Waals surface area contributed by atoms with Gasteiger partial charge in [0.2, 0.25) is 0 Å². The van der Waals surface area contributed by atoms with E-state index in [0.29, 0.717) is 5.56 Å². The number of pyridine rings is 1. The molecular weight excluding hydrogens is 290 g/mol. The van der Waals surface area contributed by atoms with E-state index in [2.05, 4.69) is 30.8 Å². The lowest BCUT2D eigenvalue weighted by Gasteiger charge is -2.36. The topological polar surface area (TPSA) is 72.2 Å². The average Bonchev–Trinajstić information content (AvgIpc) is 2.62. The minimum absolute atomic E-state index is 0.588. The molecule has 0 amide bonds. The van der Waals surface area contributed by atoms with Crippen LogP contribution in [0.4, 0.5) is 17.5 Å². The molecule has 1 aliphatic heterocycles. The predicted molar refractivity (Wildman–Crippen MR) is 89.7 cm³/mol. The van der Waals surface area contributed by atoms with E-state index >= 15 is 0 Å². The van der Waals surface area contributed by atoms with Gasteiger partial charge in [-0.2, -0.15) is 5.26 Å². The molecule has 0 aliphatic carbocycles. The molecule has 118 valence electrons. The van der Waals surface area contributed by atoms with Gasteiger partial charge in [0.15, 0.2) is 0 Å². The van der Waals surface area contributed by atoms with E-state index in [9.17, 15) is 0 Å². The first-order valence-corrected chi connectivity index (χ1v) is 7.53. The Morgan fingerprint density at radius 3 is 2.26 bits per heavy atom. The molecule has 0 unspecified atom stereocenters. The van der Waals surface area contributed by atoms with Gasteiger partial charge in [0.25, 0.3) is 0 Å². The van der Waals surface area contributed by atoms with Crippen molar-refractivity contribution in [1.29, 1.82) is 5.26 Å². The second-order valence-electron chi connectivity index (χ2n) is 5.62. The summed E-state index contributed by atoms with van der Waals surface area (Å²) in [6, 6.07) is 7.82. The second-order valence-corrected chi connectivity index (χ2v) is 5.62. The van der Waals surface area contributed by atoms with Gasteiger partial charge >= 0.3 is 0 Å². The molecule has 0 saturated carbocycles. The van der Waals surface area contributed by atoms with Crippen molar-refractivity contribution in [3.05, 3.63) is 36.3 Å². The van der Waals surface area contributed by atoms with Gasteiger partial charge < -0.3 is 14.7 Å². The Hall–Kier alpha value is -2.88. The Bertz CT molecular complexity index is 697. The van der Waals surface area contributed by atoms with E-state index in [4.69, 9.17) is 5.26 Å². The van der Waals surface area contributed by atoms with Crippen molar-refractivity contribution >= 4 is 17.5 Å². The largest absolute Gasteiger partial charge is 0.363 e. The Morgan fingerprint density at radius 2 is 1.70 bits per heavy atom. The number of hydrogen-bond donors (Lipinski definition) is 0. The summed E-state index contributed by atoms with van der Waals surface area (Å²) in [6.07, 6.45) is 3.23. The van der Waals surface area contributed by atoms with E-state index in [1.54, 1.807) is 12.5 Å². The van der Waals surface area contributed by atoms with Gasteiger partial charge in [0.05, 0.1) is 5.56 Å². The van der Waals surface area contributed by atoms with Gasteiger partial charge in [0, 0.05) is 52.5 Å². The van der Waals surface area contributed by atoms with Crippen molar-refractivity contribution < 1.29 is 0 Å². The van der Waals surface area contributed by atoms with E-state index in [1.807, 2.05) is 37.2 Å². The van der Waals surface area contributed by atoms with Crippen molar-refractivity contribution in [3.63, 3.8) is 0 Å². The highest BCUT2D eigenvalue weighted by Crippen LogP contribution is 2.19. The van der Waals surface area contributed by atoms with Crippen LogP contribution in [-0.4, -0.2) is 55.2 Å². The number of nitriles is 1. The first-order valence-electron chi connectivity index (χ1n) is 7.53. The molecule has 23 heavy (non-hydrogen) atoms. The molecule has 7 heteroatoms. The molecule has 1 saturated heterocycles. The highest BCUT2D eigenvalue weighted by Gasteiger charge is 2.19. The molecular formula is C16H19N7. The van der Waals surface area contributed by atoms with Crippen LogP contribution in [0.15, 0.2) is 30.7 Å². The lowest BCUT2D eigenvalue weighted by molar-refractivity contribution is 0.641. The van der Waals surface area contributed by atoms with Crippen LogP contribution >= 0.6 is 0 Å². The molecule has 7 nitrogen and oxygen atoms in total. The Kier molecular flexibility index (Phi) is 4.24. The number of anilines is 3. The third kappa shape index (κ3) is 3.31. The van der Waals surface area contributed by atoms with Crippen LogP contribution in [0.5, 0.6) is 0 Å². The van der Waals surface area contributed by atoms with E-state index < -0.39 is 0 Å². The quantitative estimate of drug-likeness (QED) is 0.841. The lowest BCUT2D eigenvalue weighted by Crippen LogP contribution is -2.47.